The van der Waals surface area contributed by atoms with Gasteiger partial charge in [0, 0.05) is 12.4 Å². The number of rotatable bonds is 5. The van der Waals surface area contributed by atoms with Crippen LogP contribution < -0.4 is 5.32 Å². The summed E-state index contributed by atoms with van der Waals surface area (Å²) in [6.45, 7) is 0. The van der Waals surface area contributed by atoms with E-state index < -0.39 is 6.04 Å². The van der Waals surface area contributed by atoms with Gasteiger partial charge < -0.3 is 10.1 Å². The van der Waals surface area contributed by atoms with Gasteiger partial charge in [0.05, 0.1) is 7.11 Å². The Balaban J connectivity index is 2.62. The molecule has 0 aliphatic rings. The van der Waals surface area contributed by atoms with E-state index in [9.17, 15) is 4.79 Å². The zero-order valence-electron chi connectivity index (χ0n) is 8.38. The number of nitrogens with one attached hydrogen (secondary N) is 1. The molecule has 15 heavy (non-hydrogen) atoms. The lowest BCUT2D eigenvalue weighted by Crippen LogP contribution is -2.31. The number of thiol groups is 1. The fraction of sp³-hybridized carbons (Fsp3) is 0.444. The van der Waals surface area contributed by atoms with Gasteiger partial charge in [-0.2, -0.15) is 12.6 Å². The molecular formula is C9H13N3O2S. The lowest BCUT2D eigenvalue weighted by atomic mass is 10.2. The Kier molecular flexibility index (Phi) is 4.89. The Labute approximate surface area is 93.7 Å². The van der Waals surface area contributed by atoms with Crippen molar-refractivity contribution in [1.82, 2.24) is 9.97 Å². The van der Waals surface area contributed by atoms with Crippen LogP contribution in [-0.4, -0.2) is 34.8 Å². The molecule has 6 heteroatoms. The number of carbonyl (C=O) groups is 1. The summed E-state index contributed by atoms with van der Waals surface area (Å²) < 4.78 is 4.65. The van der Waals surface area contributed by atoms with Gasteiger partial charge in [-0.3, -0.25) is 0 Å². The molecule has 1 N–H and O–H groups in total. The van der Waals surface area contributed by atoms with Crippen molar-refractivity contribution in [3.63, 3.8) is 0 Å². The average Bonchev–Trinajstić information content (AvgIpc) is 2.29. The summed E-state index contributed by atoms with van der Waals surface area (Å²) >= 11 is 4.07. The van der Waals surface area contributed by atoms with Crippen molar-refractivity contribution < 1.29 is 9.53 Å². The van der Waals surface area contributed by atoms with Gasteiger partial charge in [0.15, 0.2) is 0 Å². The van der Waals surface area contributed by atoms with Gasteiger partial charge in [-0.1, -0.05) is 0 Å². The van der Waals surface area contributed by atoms with Crippen LogP contribution in [-0.2, 0) is 9.53 Å². The molecule has 82 valence electrons. The standard InChI is InChI=1S/C9H13N3O2S/c1-14-8(13)7(3-6-15)12-9-10-4-2-5-11-9/h2,4-5,7,15H,3,6H2,1H3,(H,10,11,12)/t7-/m0/s1. The first-order valence-corrected chi connectivity index (χ1v) is 5.13. The summed E-state index contributed by atoms with van der Waals surface area (Å²) in [5, 5.41) is 2.88. The largest absolute Gasteiger partial charge is 0.467 e. The maximum absolute atomic E-state index is 11.3. The van der Waals surface area contributed by atoms with E-state index in [4.69, 9.17) is 0 Å². The molecule has 0 bridgehead atoms. The number of esters is 1. The molecule has 0 saturated carbocycles. The van der Waals surface area contributed by atoms with Crippen molar-refractivity contribution in [2.45, 2.75) is 12.5 Å². The van der Waals surface area contributed by atoms with Crippen LogP contribution in [0, 0.1) is 0 Å². The predicted molar refractivity (Wildman–Crippen MR) is 59.9 cm³/mol. The molecule has 0 spiro atoms. The van der Waals surface area contributed by atoms with E-state index in [0.29, 0.717) is 18.1 Å². The molecule has 1 atom stereocenters. The molecule has 0 fully saturated rings. The van der Waals surface area contributed by atoms with Gasteiger partial charge in [0.1, 0.15) is 6.04 Å². The van der Waals surface area contributed by atoms with E-state index in [1.807, 2.05) is 0 Å². The first-order valence-electron chi connectivity index (χ1n) is 4.50. The molecule has 0 radical (unpaired) electrons. The molecule has 1 rings (SSSR count). The van der Waals surface area contributed by atoms with E-state index in [2.05, 4.69) is 32.7 Å². The zero-order valence-corrected chi connectivity index (χ0v) is 9.28. The summed E-state index contributed by atoms with van der Waals surface area (Å²) in [5.74, 6) is 0.658. The summed E-state index contributed by atoms with van der Waals surface area (Å²) in [4.78, 5) is 19.3. The second-order valence-electron chi connectivity index (χ2n) is 2.80. The average molecular weight is 227 g/mol. The van der Waals surface area contributed by atoms with Crippen molar-refractivity contribution in [1.29, 1.82) is 0 Å². The van der Waals surface area contributed by atoms with E-state index in [-0.39, 0.29) is 5.97 Å². The molecule has 0 amide bonds. The molecule has 0 aromatic carbocycles. The molecule has 0 aliphatic carbocycles. The monoisotopic (exact) mass is 227 g/mol. The molecular weight excluding hydrogens is 214 g/mol. The van der Waals surface area contributed by atoms with Gasteiger partial charge in [-0.15, -0.1) is 0 Å². The van der Waals surface area contributed by atoms with Gasteiger partial charge in [-0.05, 0) is 18.2 Å². The lowest BCUT2D eigenvalue weighted by molar-refractivity contribution is -0.141. The second kappa shape index (κ2) is 6.23. The Bertz CT molecular complexity index is 307. The topological polar surface area (TPSA) is 64.1 Å². The zero-order chi connectivity index (χ0) is 11.1. The van der Waals surface area contributed by atoms with Crippen molar-refractivity contribution >= 4 is 24.5 Å². The minimum absolute atomic E-state index is 0.337. The quantitative estimate of drug-likeness (QED) is 0.574. The van der Waals surface area contributed by atoms with E-state index >= 15 is 0 Å². The molecule has 0 saturated heterocycles. The van der Waals surface area contributed by atoms with Crippen LogP contribution >= 0.6 is 12.6 Å². The molecule has 5 nitrogen and oxygen atoms in total. The summed E-state index contributed by atoms with van der Waals surface area (Å²) in [5.41, 5.74) is 0. The number of carbonyl (C=O) groups excluding carboxylic acids is 1. The molecule has 0 unspecified atom stereocenters. The van der Waals surface area contributed by atoms with Crippen molar-refractivity contribution in [3.05, 3.63) is 18.5 Å². The Hall–Kier alpha value is -1.30. The Morgan fingerprint density at radius 3 is 2.80 bits per heavy atom. The summed E-state index contributed by atoms with van der Waals surface area (Å²) in [6, 6.07) is 1.26. The van der Waals surface area contributed by atoms with Crippen LogP contribution in [0.2, 0.25) is 0 Å². The van der Waals surface area contributed by atoms with Crippen molar-refractivity contribution in [2.24, 2.45) is 0 Å². The van der Waals surface area contributed by atoms with Crippen molar-refractivity contribution in [2.75, 3.05) is 18.2 Å². The highest BCUT2D eigenvalue weighted by Crippen LogP contribution is 2.04. The number of hydrogen-bond donors (Lipinski definition) is 2. The highest BCUT2D eigenvalue weighted by Gasteiger charge is 2.18. The van der Waals surface area contributed by atoms with Crippen LogP contribution in [0.1, 0.15) is 6.42 Å². The third kappa shape index (κ3) is 3.75. The fourth-order valence-corrected chi connectivity index (χ4v) is 1.31. The molecule has 0 aliphatic heterocycles. The first kappa shape index (κ1) is 11.8. The number of anilines is 1. The van der Waals surface area contributed by atoms with E-state index in [1.54, 1.807) is 18.5 Å². The van der Waals surface area contributed by atoms with Gasteiger partial charge >= 0.3 is 5.97 Å². The van der Waals surface area contributed by atoms with E-state index in [1.165, 1.54) is 7.11 Å². The normalized spacial score (nSPS) is 11.9. The van der Waals surface area contributed by atoms with Crippen LogP contribution in [0.3, 0.4) is 0 Å². The highest BCUT2D eigenvalue weighted by molar-refractivity contribution is 7.80. The number of hydrogen-bond acceptors (Lipinski definition) is 6. The molecule has 1 aromatic rings. The smallest absolute Gasteiger partial charge is 0.328 e. The minimum atomic E-state index is -0.449. The number of ether oxygens (including phenoxy) is 1. The fourth-order valence-electron chi connectivity index (χ4n) is 1.05. The Morgan fingerprint density at radius 1 is 1.60 bits per heavy atom. The van der Waals surface area contributed by atoms with Gasteiger partial charge in [0.25, 0.3) is 0 Å². The predicted octanol–water partition coefficient (Wildman–Crippen LogP) is 0.750. The maximum Gasteiger partial charge on any atom is 0.328 e. The first-order chi connectivity index (χ1) is 7.27. The second-order valence-corrected chi connectivity index (χ2v) is 3.25. The van der Waals surface area contributed by atoms with Gasteiger partial charge in [-0.25, -0.2) is 14.8 Å². The summed E-state index contributed by atoms with van der Waals surface area (Å²) in [7, 11) is 1.35. The van der Waals surface area contributed by atoms with Crippen LogP contribution in [0.5, 0.6) is 0 Å². The Morgan fingerprint density at radius 2 is 2.27 bits per heavy atom. The molecule has 1 aromatic heterocycles. The van der Waals surface area contributed by atoms with E-state index in [0.717, 1.165) is 0 Å². The third-order valence-corrected chi connectivity index (χ3v) is 2.03. The minimum Gasteiger partial charge on any atom is -0.467 e. The third-order valence-electron chi connectivity index (χ3n) is 1.77. The number of aromatic nitrogens is 2. The van der Waals surface area contributed by atoms with Crippen molar-refractivity contribution in [3.8, 4) is 0 Å². The number of methoxy groups -OCH3 is 1. The van der Waals surface area contributed by atoms with Gasteiger partial charge in [0.2, 0.25) is 5.95 Å². The molecule has 1 heterocycles. The van der Waals surface area contributed by atoms with Crippen LogP contribution in [0.15, 0.2) is 18.5 Å². The number of nitrogens with zero attached hydrogens (tertiary/aromatic N) is 2. The van der Waals surface area contributed by atoms with Crippen LogP contribution in [0.25, 0.3) is 0 Å². The SMILES string of the molecule is COC(=O)[C@H](CCS)Nc1ncccn1. The van der Waals surface area contributed by atoms with Crippen LogP contribution in [0.4, 0.5) is 5.95 Å². The highest BCUT2D eigenvalue weighted by atomic mass is 32.1. The summed E-state index contributed by atoms with van der Waals surface area (Å²) in [6.07, 6.45) is 3.77. The lowest BCUT2D eigenvalue weighted by Gasteiger charge is -2.14. The maximum atomic E-state index is 11.3.